The molecule has 1 saturated heterocycles. The van der Waals surface area contributed by atoms with E-state index in [2.05, 4.69) is 75.9 Å². The zero-order chi connectivity index (χ0) is 22.1. The van der Waals surface area contributed by atoms with Gasteiger partial charge in [0, 0.05) is 37.8 Å². The lowest BCUT2D eigenvalue weighted by atomic mass is 9.97. The smallest absolute Gasteiger partial charge is 0.289 e. The molecule has 4 rings (SSSR count). The Bertz CT molecular complexity index is 1080. The third kappa shape index (κ3) is 4.53. The number of benzene rings is 2. The number of carbonyl (C=O) groups is 1. The third-order valence-corrected chi connectivity index (χ3v) is 6.31. The number of nitrogens with zero attached hydrogens (tertiary/aromatic N) is 2. The molecule has 0 aliphatic carbocycles. The summed E-state index contributed by atoms with van der Waals surface area (Å²) in [4.78, 5) is 17.4. The molecular formula is C27H32N2O2. The van der Waals surface area contributed by atoms with E-state index in [1.807, 2.05) is 17.0 Å². The van der Waals surface area contributed by atoms with Crippen LogP contribution in [0.3, 0.4) is 0 Å². The van der Waals surface area contributed by atoms with Crippen molar-refractivity contribution < 1.29 is 9.21 Å². The SMILES string of the molecule is Cc1cccc(N2CCN(C(=O)c3ccc(Cc4c(C)cc(C)cc4C)o3)CC2C)c1. The quantitative estimate of drug-likeness (QED) is 0.567. The van der Waals surface area contributed by atoms with Crippen molar-refractivity contribution in [2.45, 2.75) is 47.1 Å². The fourth-order valence-electron chi connectivity index (χ4n) is 4.74. The maximum atomic E-state index is 13.1. The summed E-state index contributed by atoms with van der Waals surface area (Å²) in [7, 11) is 0. The Morgan fingerprint density at radius 1 is 0.968 bits per heavy atom. The second kappa shape index (κ2) is 8.62. The van der Waals surface area contributed by atoms with Gasteiger partial charge in [0.15, 0.2) is 5.76 Å². The molecular weight excluding hydrogens is 384 g/mol. The van der Waals surface area contributed by atoms with Crippen LogP contribution in [-0.4, -0.2) is 36.5 Å². The average Bonchev–Trinajstić information content (AvgIpc) is 3.18. The second-order valence-electron chi connectivity index (χ2n) is 8.95. The van der Waals surface area contributed by atoms with Gasteiger partial charge in [0.05, 0.1) is 0 Å². The number of piperazine rings is 1. The van der Waals surface area contributed by atoms with Gasteiger partial charge in [-0.15, -0.1) is 0 Å². The molecule has 4 heteroatoms. The van der Waals surface area contributed by atoms with Crippen molar-refractivity contribution in [3.63, 3.8) is 0 Å². The predicted octanol–water partition coefficient (Wildman–Crippen LogP) is 5.45. The van der Waals surface area contributed by atoms with Crippen LogP contribution < -0.4 is 4.90 Å². The van der Waals surface area contributed by atoms with Gasteiger partial charge in [-0.05, 0) is 81.1 Å². The first-order chi connectivity index (χ1) is 14.8. The van der Waals surface area contributed by atoms with Crippen molar-refractivity contribution in [2.24, 2.45) is 0 Å². The summed E-state index contributed by atoms with van der Waals surface area (Å²) in [6.45, 7) is 12.9. The van der Waals surface area contributed by atoms with Gasteiger partial charge in [-0.25, -0.2) is 0 Å². The third-order valence-electron chi connectivity index (χ3n) is 6.31. The highest BCUT2D eigenvalue weighted by Crippen LogP contribution is 2.24. The Labute approximate surface area is 185 Å². The highest BCUT2D eigenvalue weighted by Gasteiger charge is 2.29. The van der Waals surface area contributed by atoms with Gasteiger partial charge in [0.1, 0.15) is 5.76 Å². The lowest BCUT2D eigenvalue weighted by Gasteiger charge is -2.41. The van der Waals surface area contributed by atoms with Crippen LogP contribution in [0.5, 0.6) is 0 Å². The zero-order valence-corrected chi connectivity index (χ0v) is 19.2. The molecule has 31 heavy (non-hydrogen) atoms. The first-order valence-corrected chi connectivity index (χ1v) is 11.1. The standard InChI is InChI=1S/C27H32N2O2/c1-18-7-6-8-23(15-18)29-12-11-28(17-22(29)5)27(30)26-10-9-24(31-26)16-25-20(3)13-19(2)14-21(25)4/h6-10,13-15,22H,11-12,16-17H2,1-5H3. The van der Waals surface area contributed by atoms with Crippen molar-refractivity contribution in [1.82, 2.24) is 4.90 Å². The van der Waals surface area contributed by atoms with Crippen molar-refractivity contribution in [3.05, 3.63) is 87.9 Å². The first-order valence-electron chi connectivity index (χ1n) is 11.1. The molecule has 0 saturated carbocycles. The summed E-state index contributed by atoms with van der Waals surface area (Å²) in [6.07, 6.45) is 0.711. The number of amides is 1. The molecule has 4 nitrogen and oxygen atoms in total. The van der Waals surface area contributed by atoms with Gasteiger partial charge >= 0.3 is 0 Å². The number of hydrogen-bond acceptors (Lipinski definition) is 3. The Morgan fingerprint density at radius 2 is 1.71 bits per heavy atom. The maximum absolute atomic E-state index is 13.1. The van der Waals surface area contributed by atoms with Crippen molar-refractivity contribution in [1.29, 1.82) is 0 Å². The fraction of sp³-hybridized carbons (Fsp3) is 0.370. The molecule has 0 radical (unpaired) electrons. The van der Waals surface area contributed by atoms with E-state index < -0.39 is 0 Å². The van der Waals surface area contributed by atoms with Crippen LogP contribution >= 0.6 is 0 Å². The van der Waals surface area contributed by atoms with E-state index >= 15 is 0 Å². The summed E-state index contributed by atoms with van der Waals surface area (Å²) in [6, 6.07) is 17.0. The Hall–Kier alpha value is -3.01. The summed E-state index contributed by atoms with van der Waals surface area (Å²) in [5, 5.41) is 0. The number of anilines is 1. The topological polar surface area (TPSA) is 36.7 Å². The molecule has 0 bridgehead atoms. The number of furan rings is 1. The monoisotopic (exact) mass is 416 g/mol. The highest BCUT2D eigenvalue weighted by atomic mass is 16.4. The van der Waals surface area contributed by atoms with Crippen molar-refractivity contribution >= 4 is 11.6 Å². The van der Waals surface area contributed by atoms with Crippen LogP contribution in [0.4, 0.5) is 5.69 Å². The molecule has 1 fully saturated rings. The van der Waals surface area contributed by atoms with E-state index in [4.69, 9.17) is 4.42 Å². The normalized spacial score (nSPS) is 16.6. The molecule has 1 amide bonds. The Balaban J connectivity index is 1.44. The minimum absolute atomic E-state index is 0.0145. The lowest BCUT2D eigenvalue weighted by molar-refractivity contribution is 0.0692. The largest absolute Gasteiger partial charge is 0.456 e. The molecule has 0 spiro atoms. The molecule has 1 aliphatic heterocycles. The zero-order valence-electron chi connectivity index (χ0n) is 19.2. The fourth-order valence-corrected chi connectivity index (χ4v) is 4.74. The molecule has 3 aromatic rings. The Morgan fingerprint density at radius 3 is 2.39 bits per heavy atom. The molecule has 2 heterocycles. The highest BCUT2D eigenvalue weighted by molar-refractivity contribution is 5.91. The van der Waals surface area contributed by atoms with E-state index in [9.17, 15) is 4.79 Å². The molecule has 2 aromatic carbocycles. The summed E-state index contributed by atoms with van der Waals surface area (Å²) in [5.74, 6) is 1.26. The summed E-state index contributed by atoms with van der Waals surface area (Å²) < 4.78 is 6.00. The van der Waals surface area contributed by atoms with E-state index in [1.54, 1.807) is 0 Å². The number of aryl methyl sites for hydroxylation is 4. The number of rotatable bonds is 4. The van der Waals surface area contributed by atoms with Crippen LogP contribution in [0.1, 0.15) is 51.1 Å². The molecule has 1 unspecified atom stereocenters. The molecule has 1 aliphatic rings. The molecule has 1 aromatic heterocycles. The van der Waals surface area contributed by atoms with Crippen LogP contribution in [0, 0.1) is 27.7 Å². The number of hydrogen-bond donors (Lipinski definition) is 0. The van der Waals surface area contributed by atoms with Gasteiger partial charge in [-0.3, -0.25) is 4.79 Å². The summed E-state index contributed by atoms with van der Waals surface area (Å²) in [5.41, 5.74) is 7.56. The van der Waals surface area contributed by atoms with Gasteiger partial charge in [0.25, 0.3) is 5.91 Å². The van der Waals surface area contributed by atoms with Gasteiger partial charge in [-0.2, -0.15) is 0 Å². The van der Waals surface area contributed by atoms with E-state index in [0.29, 0.717) is 25.3 Å². The van der Waals surface area contributed by atoms with Crippen LogP contribution in [0.25, 0.3) is 0 Å². The summed E-state index contributed by atoms with van der Waals surface area (Å²) >= 11 is 0. The van der Waals surface area contributed by atoms with E-state index in [1.165, 1.54) is 33.5 Å². The first kappa shape index (κ1) is 21.2. The number of carbonyl (C=O) groups excluding carboxylic acids is 1. The predicted molar refractivity (Wildman–Crippen MR) is 126 cm³/mol. The van der Waals surface area contributed by atoms with Crippen molar-refractivity contribution in [3.8, 4) is 0 Å². The van der Waals surface area contributed by atoms with Crippen LogP contribution in [0.15, 0.2) is 52.9 Å². The van der Waals surface area contributed by atoms with Gasteiger partial charge in [-0.1, -0.05) is 29.8 Å². The van der Waals surface area contributed by atoms with E-state index in [-0.39, 0.29) is 11.9 Å². The lowest BCUT2D eigenvalue weighted by Crippen LogP contribution is -2.53. The second-order valence-corrected chi connectivity index (χ2v) is 8.95. The maximum Gasteiger partial charge on any atom is 0.289 e. The minimum atomic E-state index is -0.0145. The minimum Gasteiger partial charge on any atom is -0.456 e. The average molecular weight is 417 g/mol. The molecule has 1 atom stereocenters. The van der Waals surface area contributed by atoms with Crippen LogP contribution in [0.2, 0.25) is 0 Å². The van der Waals surface area contributed by atoms with Crippen LogP contribution in [-0.2, 0) is 6.42 Å². The van der Waals surface area contributed by atoms with E-state index in [0.717, 1.165) is 12.3 Å². The van der Waals surface area contributed by atoms with Gasteiger partial charge < -0.3 is 14.2 Å². The van der Waals surface area contributed by atoms with Crippen molar-refractivity contribution in [2.75, 3.05) is 24.5 Å². The molecule has 0 N–H and O–H groups in total. The van der Waals surface area contributed by atoms with Gasteiger partial charge in [0.2, 0.25) is 0 Å². The molecule has 162 valence electrons. The Kier molecular flexibility index (Phi) is 5.90.